The lowest BCUT2D eigenvalue weighted by molar-refractivity contribution is -0.129. The molecule has 2 N–H and O–H groups in total. The molecule has 2 bridgehead atoms. The van der Waals surface area contributed by atoms with E-state index in [0.29, 0.717) is 42.7 Å². The van der Waals surface area contributed by atoms with Crippen LogP contribution in [0.2, 0.25) is 5.02 Å². The number of halogens is 1. The molecule has 1 unspecified atom stereocenters. The van der Waals surface area contributed by atoms with Crippen molar-refractivity contribution in [2.75, 3.05) is 50.8 Å². The molecule has 5 aliphatic rings. The summed E-state index contributed by atoms with van der Waals surface area (Å²) in [6.07, 6.45) is 8.43. The maximum absolute atomic E-state index is 13.3. The molecule has 2 aromatic carbocycles. The largest absolute Gasteiger partial charge is 0.490 e. The second kappa shape index (κ2) is 15.8. The summed E-state index contributed by atoms with van der Waals surface area (Å²) in [4.78, 5) is 40.6. The van der Waals surface area contributed by atoms with Gasteiger partial charge in [-0.1, -0.05) is 31.0 Å². The molecule has 7 rings (SSSR count). The predicted octanol–water partition coefficient (Wildman–Crippen LogP) is 5.36. The number of amides is 2. The maximum Gasteiger partial charge on any atom is 0.264 e. The van der Waals surface area contributed by atoms with E-state index >= 15 is 0 Å². The highest BCUT2D eigenvalue weighted by molar-refractivity contribution is 7.90. The molecular formula is C39H53ClN4O6S. The Bertz CT molecular complexity index is 1710. The number of nitrogens with zero attached hydrogens (tertiary/aromatic N) is 2. The van der Waals surface area contributed by atoms with Crippen LogP contribution in [0.15, 0.2) is 36.4 Å². The second-order valence-electron chi connectivity index (χ2n) is 15.4. The van der Waals surface area contributed by atoms with Gasteiger partial charge in [0.15, 0.2) is 0 Å². The maximum atomic E-state index is 13.3. The monoisotopic (exact) mass is 740 g/mol. The van der Waals surface area contributed by atoms with Crippen molar-refractivity contribution in [1.29, 1.82) is 0 Å². The highest BCUT2D eigenvalue weighted by Crippen LogP contribution is 2.47. The van der Waals surface area contributed by atoms with E-state index in [2.05, 4.69) is 27.1 Å². The first-order valence-electron chi connectivity index (χ1n) is 18.7. The number of benzene rings is 2. The molecule has 278 valence electrons. The van der Waals surface area contributed by atoms with Gasteiger partial charge in [0.1, 0.15) is 12.0 Å². The van der Waals surface area contributed by atoms with Crippen molar-refractivity contribution in [1.82, 2.24) is 14.9 Å². The van der Waals surface area contributed by atoms with Gasteiger partial charge in [-0.05, 0) is 111 Å². The average molecular weight is 741 g/mol. The molecule has 51 heavy (non-hydrogen) atoms. The van der Waals surface area contributed by atoms with Gasteiger partial charge in [-0.3, -0.25) is 9.59 Å². The molecule has 10 nitrogen and oxygen atoms in total. The minimum absolute atomic E-state index is 0.0315. The van der Waals surface area contributed by atoms with Gasteiger partial charge >= 0.3 is 0 Å². The Balaban J connectivity index is 0.000000435. The summed E-state index contributed by atoms with van der Waals surface area (Å²) in [5, 5.41) is 3.18. The van der Waals surface area contributed by atoms with Crippen molar-refractivity contribution in [3.63, 3.8) is 0 Å². The highest BCUT2D eigenvalue weighted by Gasteiger charge is 2.44. The van der Waals surface area contributed by atoms with Gasteiger partial charge in [-0.15, -0.1) is 0 Å². The quantitative estimate of drug-likeness (QED) is 0.375. The van der Waals surface area contributed by atoms with Crippen molar-refractivity contribution < 1.29 is 27.5 Å². The van der Waals surface area contributed by atoms with Gasteiger partial charge in [-0.25, -0.2) is 13.1 Å². The number of carbonyl (C=O) groups excluding carboxylic acids is 3. The average Bonchev–Trinajstić information content (AvgIpc) is 3.25. The lowest BCUT2D eigenvalue weighted by Crippen LogP contribution is -2.49. The van der Waals surface area contributed by atoms with Crippen molar-refractivity contribution in [3.05, 3.63) is 58.1 Å². The molecule has 1 saturated carbocycles. The highest BCUT2D eigenvalue weighted by atomic mass is 35.5. The molecule has 2 fully saturated rings. The van der Waals surface area contributed by atoms with E-state index in [1.54, 1.807) is 32.0 Å². The Morgan fingerprint density at radius 2 is 1.82 bits per heavy atom. The van der Waals surface area contributed by atoms with E-state index < -0.39 is 21.2 Å². The zero-order chi connectivity index (χ0) is 36.3. The fourth-order valence-electron chi connectivity index (χ4n) is 8.78. The molecule has 2 amide bonds. The smallest absolute Gasteiger partial charge is 0.264 e. The van der Waals surface area contributed by atoms with Crippen LogP contribution in [-0.4, -0.2) is 82.5 Å². The molecule has 1 saturated heterocycles. The topological polar surface area (TPSA) is 125 Å². The Morgan fingerprint density at radius 3 is 2.51 bits per heavy atom. The number of anilines is 1. The number of piperazine rings is 1. The Hall–Kier alpha value is -3.15. The number of nitrogens with one attached hydrogen (secondary N) is 2. The molecule has 12 heteroatoms. The van der Waals surface area contributed by atoms with Crippen molar-refractivity contribution in [2.24, 2.45) is 23.7 Å². The number of fused-ring (bicyclic) bond motifs is 4. The van der Waals surface area contributed by atoms with Crippen molar-refractivity contribution in [3.8, 4) is 5.75 Å². The zero-order valence-electron chi connectivity index (χ0n) is 30.2. The Kier molecular flexibility index (Phi) is 11.7. The van der Waals surface area contributed by atoms with Crippen LogP contribution in [0.5, 0.6) is 5.75 Å². The molecule has 0 aromatic heterocycles. The summed E-state index contributed by atoms with van der Waals surface area (Å²) in [5.74, 6) is 0.750. The van der Waals surface area contributed by atoms with Gasteiger partial charge in [0.2, 0.25) is 15.9 Å². The minimum Gasteiger partial charge on any atom is -0.490 e. The molecular weight excluding hydrogens is 688 g/mol. The van der Waals surface area contributed by atoms with Gasteiger partial charge in [0.25, 0.3) is 5.91 Å². The van der Waals surface area contributed by atoms with Gasteiger partial charge < -0.3 is 24.6 Å². The van der Waals surface area contributed by atoms with Crippen LogP contribution in [0, 0.1) is 23.7 Å². The molecule has 0 radical (unpaired) electrons. The predicted molar refractivity (Wildman–Crippen MR) is 200 cm³/mol. The second-order valence-corrected chi connectivity index (χ2v) is 17.9. The number of rotatable bonds is 1. The van der Waals surface area contributed by atoms with E-state index in [1.165, 1.54) is 11.1 Å². The SMILES string of the molecule is CC(=O)N1CCNCC1.C[C@@H]1[C@@H](C)CCCC(C=O)[C@@H]2CC[C@H]2CN2C[C@@]3(CCCc4cc(Cl)ccc43)COc3ccc(cc32)C(=O)NS1(=O)=O. The molecule has 6 atom stereocenters. The first kappa shape index (κ1) is 37.6. The van der Waals surface area contributed by atoms with Crippen LogP contribution in [0.25, 0.3) is 0 Å². The standard InChI is InChI=1S/C33H41ClN2O5S.C6H12N2O/c1-21-5-3-6-26(18-37)28-11-8-25(28)17-36-19-33(14-4-7-23-15-27(34)10-12-29(23)33)20-41-31-13-9-24(16-30(31)36)32(38)35-42(39,40)22(21)2;1-6(9)8-4-2-7-3-5-8/h9-10,12-13,15-16,18,21-22,25-26,28H,3-8,11,14,17,19-20H2,1-2H3,(H,35,38);7H,2-5H2,1H3/t21-,22+,25-,26?,28+,33-;/m0./s1. The van der Waals surface area contributed by atoms with E-state index in [1.807, 2.05) is 17.9 Å². The van der Waals surface area contributed by atoms with Crippen LogP contribution in [0.4, 0.5) is 5.69 Å². The zero-order valence-corrected chi connectivity index (χ0v) is 31.7. The van der Waals surface area contributed by atoms with E-state index in [0.717, 1.165) is 94.7 Å². The Morgan fingerprint density at radius 1 is 1.04 bits per heavy atom. The summed E-state index contributed by atoms with van der Waals surface area (Å²) < 4.78 is 35.3. The summed E-state index contributed by atoms with van der Waals surface area (Å²) in [5.41, 5.74) is 3.37. The van der Waals surface area contributed by atoms with Gasteiger partial charge in [0, 0.05) is 68.1 Å². The number of aldehydes is 1. The number of aryl methyl sites for hydroxylation is 1. The lowest BCUT2D eigenvalue weighted by atomic mass is 9.65. The summed E-state index contributed by atoms with van der Waals surface area (Å²) in [6.45, 7) is 10.8. The minimum atomic E-state index is -3.89. The first-order valence-corrected chi connectivity index (χ1v) is 20.6. The first-order chi connectivity index (χ1) is 24.4. The van der Waals surface area contributed by atoms with Crippen LogP contribution in [-0.2, 0) is 31.4 Å². The van der Waals surface area contributed by atoms with Gasteiger partial charge in [0.05, 0.1) is 17.5 Å². The summed E-state index contributed by atoms with van der Waals surface area (Å²) in [6, 6.07) is 11.4. The molecule has 2 aliphatic carbocycles. The normalized spacial score (nSPS) is 30.5. The van der Waals surface area contributed by atoms with Crippen LogP contribution < -0.4 is 19.7 Å². The molecule has 3 heterocycles. The van der Waals surface area contributed by atoms with Gasteiger partial charge in [-0.2, -0.15) is 0 Å². The summed E-state index contributed by atoms with van der Waals surface area (Å²) >= 11 is 6.39. The summed E-state index contributed by atoms with van der Waals surface area (Å²) in [7, 11) is -3.89. The number of ether oxygens (including phenoxy) is 1. The van der Waals surface area contributed by atoms with Crippen LogP contribution in [0.3, 0.4) is 0 Å². The number of sulfonamides is 1. The third-order valence-corrected chi connectivity index (χ3v) is 14.4. The van der Waals surface area contributed by atoms with Crippen LogP contribution in [0.1, 0.15) is 87.2 Å². The fourth-order valence-corrected chi connectivity index (χ4v) is 10.3. The number of hydrogen-bond acceptors (Lipinski definition) is 8. The third kappa shape index (κ3) is 8.25. The van der Waals surface area contributed by atoms with Crippen molar-refractivity contribution >= 4 is 45.4 Å². The number of carbonyl (C=O) groups is 3. The van der Waals surface area contributed by atoms with E-state index in [9.17, 15) is 22.8 Å². The lowest BCUT2D eigenvalue weighted by Gasteiger charge is -2.46. The van der Waals surface area contributed by atoms with Crippen molar-refractivity contribution in [2.45, 2.75) is 82.8 Å². The Labute approximate surface area is 308 Å². The number of hydrogen-bond donors (Lipinski definition) is 2. The molecule has 3 aliphatic heterocycles. The fraction of sp³-hybridized carbons (Fsp3) is 0.615. The van der Waals surface area contributed by atoms with Crippen LogP contribution >= 0.6 is 11.6 Å². The van der Waals surface area contributed by atoms with E-state index in [-0.39, 0.29) is 23.2 Å². The molecule has 2 aromatic rings. The molecule has 1 spiro atoms. The third-order valence-electron chi connectivity index (χ3n) is 12.2. The van der Waals surface area contributed by atoms with E-state index in [4.69, 9.17) is 16.3 Å².